The zero-order chi connectivity index (χ0) is 19.2. The predicted octanol–water partition coefficient (Wildman–Crippen LogP) is 3.29. The summed E-state index contributed by atoms with van der Waals surface area (Å²) in [5.41, 5.74) is 3.00. The second-order valence-electron chi connectivity index (χ2n) is 6.87. The summed E-state index contributed by atoms with van der Waals surface area (Å²) in [6.07, 6.45) is 0.161. The number of halogens is 1. The van der Waals surface area contributed by atoms with Crippen LogP contribution in [0.1, 0.15) is 12.0 Å². The van der Waals surface area contributed by atoms with Crippen molar-refractivity contribution in [1.82, 2.24) is 4.90 Å². The minimum absolute atomic E-state index is 0.130. The summed E-state index contributed by atoms with van der Waals surface area (Å²) in [4.78, 5) is 16.8. The lowest BCUT2D eigenvalue weighted by molar-refractivity contribution is -0.116. The number of hydrogen-bond donors (Lipinski definition) is 1. The maximum atomic E-state index is 13.5. The second-order valence-corrected chi connectivity index (χ2v) is 6.87. The molecule has 1 heterocycles. The normalized spacial score (nSPS) is 14.9. The van der Waals surface area contributed by atoms with Crippen LogP contribution in [0.15, 0.2) is 42.5 Å². The highest BCUT2D eigenvalue weighted by atomic mass is 19.1. The van der Waals surface area contributed by atoms with Gasteiger partial charge in [0.2, 0.25) is 5.91 Å². The van der Waals surface area contributed by atoms with Gasteiger partial charge < -0.3 is 19.9 Å². The molecular weight excluding hydrogens is 345 g/mol. The summed E-state index contributed by atoms with van der Waals surface area (Å²) >= 11 is 0. The van der Waals surface area contributed by atoms with Crippen LogP contribution in [0, 0.1) is 12.7 Å². The first-order valence-electron chi connectivity index (χ1n) is 9.24. The number of rotatable bonds is 6. The smallest absolute Gasteiger partial charge is 0.227 e. The van der Waals surface area contributed by atoms with E-state index in [0.29, 0.717) is 0 Å². The van der Waals surface area contributed by atoms with Gasteiger partial charge in [-0.15, -0.1) is 0 Å². The Bertz CT molecular complexity index is 789. The summed E-state index contributed by atoms with van der Waals surface area (Å²) in [6, 6.07) is 12.3. The van der Waals surface area contributed by atoms with Crippen molar-refractivity contribution in [2.45, 2.75) is 13.3 Å². The molecule has 144 valence electrons. The molecule has 1 aliphatic rings. The molecule has 0 radical (unpaired) electrons. The number of hydrogen-bond acceptors (Lipinski definition) is 4. The van der Waals surface area contributed by atoms with Gasteiger partial charge in [0.25, 0.3) is 0 Å². The van der Waals surface area contributed by atoms with Gasteiger partial charge in [-0.1, -0.05) is 12.1 Å². The number of nitrogens with zero attached hydrogens (tertiary/aromatic N) is 2. The molecule has 0 unspecified atom stereocenters. The van der Waals surface area contributed by atoms with Crippen molar-refractivity contribution in [2.24, 2.45) is 0 Å². The van der Waals surface area contributed by atoms with Crippen LogP contribution in [0.4, 0.5) is 15.8 Å². The summed E-state index contributed by atoms with van der Waals surface area (Å²) < 4.78 is 18.8. The Hall–Kier alpha value is -2.60. The van der Waals surface area contributed by atoms with Gasteiger partial charge in [0.1, 0.15) is 0 Å². The van der Waals surface area contributed by atoms with E-state index in [4.69, 9.17) is 4.74 Å². The first-order chi connectivity index (χ1) is 13.0. The Kier molecular flexibility index (Phi) is 6.29. The SMILES string of the molecule is Cc1cc(N2CCN(C)CC2)ccc1NC(=O)CCOc1ccccc1F. The number of nitrogens with one attached hydrogen (secondary N) is 1. The fourth-order valence-corrected chi connectivity index (χ4v) is 3.08. The van der Waals surface area contributed by atoms with Crippen LogP contribution in [0.5, 0.6) is 5.75 Å². The number of likely N-dealkylation sites (N-methyl/N-ethyl adjacent to an activating group) is 1. The molecule has 3 rings (SSSR count). The predicted molar refractivity (Wildman–Crippen MR) is 106 cm³/mol. The zero-order valence-corrected chi connectivity index (χ0v) is 15.9. The van der Waals surface area contributed by atoms with E-state index >= 15 is 0 Å². The van der Waals surface area contributed by atoms with E-state index in [9.17, 15) is 9.18 Å². The first-order valence-corrected chi connectivity index (χ1v) is 9.24. The van der Waals surface area contributed by atoms with E-state index < -0.39 is 5.82 Å². The quantitative estimate of drug-likeness (QED) is 0.846. The van der Waals surface area contributed by atoms with Crippen molar-refractivity contribution in [2.75, 3.05) is 50.1 Å². The van der Waals surface area contributed by atoms with Gasteiger partial charge in [0, 0.05) is 37.6 Å². The highest BCUT2D eigenvalue weighted by molar-refractivity contribution is 5.91. The molecule has 2 aromatic rings. The molecule has 0 saturated carbocycles. The van der Waals surface area contributed by atoms with E-state index in [1.54, 1.807) is 18.2 Å². The van der Waals surface area contributed by atoms with Crippen LogP contribution >= 0.6 is 0 Å². The minimum Gasteiger partial charge on any atom is -0.490 e. The van der Waals surface area contributed by atoms with Crippen molar-refractivity contribution in [3.63, 3.8) is 0 Å². The topological polar surface area (TPSA) is 44.8 Å². The molecule has 1 amide bonds. The Morgan fingerprint density at radius 1 is 1.15 bits per heavy atom. The lowest BCUT2D eigenvalue weighted by atomic mass is 10.1. The monoisotopic (exact) mass is 371 g/mol. The molecule has 1 fully saturated rings. The third kappa shape index (κ3) is 5.20. The van der Waals surface area contributed by atoms with Crippen LogP contribution in [0.2, 0.25) is 0 Å². The standard InChI is InChI=1S/C21H26FN3O2/c1-16-15-17(25-12-10-24(2)11-13-25)7-8-19(16)23-21(26)9-14-27-20-6-4-3-5-18(20)22/h3-8,15H,9-14H2,1-2H3,(H,23,26). The fourth-order valence-electron chi connectivity index (χ4n) is 3.08. The van der Waals surface area contributed by atoms with E-state index in [2.05, 4.69) is 28.2 Å². The van der Waals surface area contributed by atoms with Crippen LogP contribution in [-0.4, -0.2) is 50.6 Å². The molecule has 0 aromatic heterocycles. The van der Waals surface area contributed by atoms with E-state index in [-0.39, 0.29) is 24.7 Å². The third-order valence-corrected chi connectivity index (χ3v) is 4.78. The van der Waals surface area contributed by atoms with Crippen LogP contribution in [-0.2, 0) is 4.79 Å². The number of anilines is 2. The van der Waals surface area contributed by atoms with Gasteiger partial charge in [-0.3, -0.25) is 4.79 Å². The Morgan fingerprint density at radius 2 is 1.89 bits per heavy atom. The average molecular weight is 371 g/mol. The van der Waals surface area contributed by atoms with Gasteiger partial charge in [0.05, 0.1) is 13.0 Å². The Labute approximate surface area is 159 Å². The number of piperazine rings is 1. The molecule has 5 nitrogen and oxygen atoms in total. The maximum Gasteiger partial charge on any atom is 0.227 e. The van der Waals surface area contributed by atoms with Gasteiger partial charge in [0.15, 0.2) is 11.6 Å². The van der Waals surface area contributed by atoms with Crippen LogP contribution in [0.25, 0.3) is 0 Å². The highest BCUT2D eigenvalue weighted by Crippen LogP contribution is 2.24. The number of benzene rings is 2. The zero-order valence-electron chi connectivity index (χ0n) is 15.9. The largest absolute Gasteiger partial charge is 0.490 e. The molecular formula is C21H26FN3O2. The lowest BCUT2D eigenvalue weighted by Gasteiger charge is -2.34. The molecule has 2 aromatic carbocycles. The number of aryl methyl sites for hydroxylation is 1. The van der Waals surface area contributed by atoms with Gasteiger partial charge in [-0.2, -0.15) is 0 Å². The number of carbonyl (C=O) groups excluding carboxylic acids is 1. The van der Waals surface area contributed by atoms with Crippen molar-refractivity contribution < 1.29 is 13.9 Å². The van der Waals surface area contributed by atoms with E-state index in [1.807, 2.05) is 19.1 Å². The molecule has 1 N–H and O–H groups in total. The molecule has 1 aliphatic heterocycles. The summed E-state index contributed by atoms with van der Waals surface area (Å²) in [6.45, 7) is 6.25. The molecule has 27 heavy (non-hydrogen) atoms. The van der Waals surface area contributed by atoms with E-state index in [0.717, 1.165) is 37.4 Å². The summed E-state index contributed by atoms with van der Waals surface area (Å²) in [5.74, 6) is -0.409. The number of carbonyl (C=O) groups is 1. The second kappa shape index (κ2) is 8.86. The highest BCUT2D eigenvalue weighted by Gasteiger charge is 2.15. The molecule has 0 aliphatic carbocycles. The number of amides is 1. The summed E-state index contributed by atoms with van der Waals surface area (Å²) in [7, 11) is 2.14. The van der Waals surface area contributed by atoms with Crippen LogP contribution in [0.3, 0.4) is 0 Å². The first kappa shape index (κ1) is 19.2. The van der Waals surface area contributed by atoms with Crippen molar-refractivity contribution in [3.8, 4) is 5.75 Å². The maximum absolute atomic E-state index is 13.5. The summed E-state index contributed by atoms with van der Waals surface area (Å²) in [5, 5.41) is 2.91. The minimum atomic E-state index is -0.423. The van der Waals surface area contributed by atoms with Crippen LogP contribution < -0.4 is 15.0 Å². The molecule has 0 atom stereocenters. The molecule has 1 saturated heterocycles. The Morgan fingerprint density at radius 3 is 2.59 bits per heavy atom. The van der Waals surface area contributed by atoms with Gasteiger partial charge in [-0.05, 0) is 49.9 Å². The van der Waals surface area contributed by atoms with Crippen molar-refractivity contribution >= 4 is 17.3 Å². The van der Waals surface area contributed by atoms with Gasteiger partial charge in [-0.25, -0.2) is 4.39 Å². The Balaban J connectivity index is 1.51. The lowest BCUT2D eigenvalue weighted by Crippen LogP contribution is -2.44. The van der Waals surface area contributed by atoms with Gasteiger partial charge >= 0.3 is 0 Å². The third-order valence-electron chi connectivity index (χ3n) is 4.78. The number of ether oxygens (including phenoxy) is 1. The molecule has 0 spiro atoms. The van der Waals surface area contributed by atoms with Crippen molar-refractivity contribution in [3.05, 3.63) is 53.8 Å². The molecule has 0 bridgehead atoms. The fraction of sp³-hybridized carbons (Fsp3) is 0.381. The van der Waals surface area contributed by atoms with Crippen molar-refractivity contribution in [1.29, 1.82) is 0 Å². The average Bonchev–Trinajstić information content (AvgIpc) is 2.66. The van der Waals surface area contributed by atoms with E-state index in [1.165, 1.54) is 11.8 Å². The number of para-hydroxylation sites is 1. The molecule has 6 heteroatoms.